The second-order valence-electron chi connectivity index (χ2n) is 4.64. The van der Waals surface area contributed by atoms with E-state index in [0.717, 1.165) is 41.0 Å². The molecule has 3 rings (SSSR count). The lowest BCUT2D eigenvalue weighted by Gasteiger charge is -2.06. The van der Waals surface area contributed by atoms with Gasteiger partial charge in [0.05, 0.1) is 34.3 Å². The third-order valence-electron chi connectivity index (χ3n) is 3.42. The summed E-state index contributed by atoms with van der Waals surface area (Å²) in [6.07, 6.45) is 3.37. The van der Waals surface area contributed by atoms with Crippen molar-refractivity contribution >= 4 is 16.7 Å². The molecule has 2 aromatic heterocycles. The molecule has 0 unspecified atom stereocenters. The van der Waals surface area contributed by atoms with Gasteiger partial charge in [0, 0.05) is 0 Å². The number of fused-ring (bicyclic) bond motifs is 1. The van der Waals surface area contributed by atoms with Gasteiger partial charge in [0.2, 0.25) is 0 Å². The van der Waals surface area contributed by atoms with Crippen LogP contribution in [0.5, 0.6) is 0 Å². The Labute approximate surface area is 117 Å². The summed E-state index contributed by atoms with van der Waals surface area (Å²) in [6, 6.07) is 7.80. The molecule has 0 amide bonds. The van der Waals surface area contributed by atoms with Crippen molar-refractivity contribution in [2.75, 3.05) is 5.73 Å². The van der Waals surface area contributed by atoms with Crippen LogP contribution in [0.4, 0.5) is 5.69 Å². The maximum Gasteiger partial charge on any atom is 0.172 e. The molecule has 0 aliphatic carbocycles. The first-order valence-corrected chi connectivity index (χ1v) is 6.83. The van der Waals surface area contributed by atoms with E-state index in [4.69, 9.17) is 5.73 Å². The molecule has 5 heteroatoms. The normalized spacial score (nSPS) is 11.1. The molecule has 0 aliphatic rings. The molecule has 0 bridgehead atoms. The van der Waals surface area contributed by atoms with Gasteiger partial charge in [0.1, 0.15) is 0 Å². The van der Waals surface area contributed by atoms with E-state index in [9.17, 15) is 0 Å². The van der Waals surface area contributed by atoms with Crippen molar-refractivity contribution < 1.29 is 0 Å². The quantitative estimate of drug-likeness (QED) is 0.791. The third-order valence-corrected chi connectivity index (χ3v) is 3.42. The summed E-state index contributed by atoms with van der Waals surface area (Å²) in [4.78, 5) is 9.06. The topological polar surface area (TPSA) is 69.6 Å². The fraction of sp³-hybridized carbons (Fsp3) is 0.267. The molecular formula is C15H17N5. The molecule has 3 aromatic rings. The first-order valence-electron chi connectivity index (χ1n) is 6.83. The standard InChI is InChI=1S/C15H17N5/c1-3-10-15(16)13(4-2)20(19-10)14-9-17-11-7-5-6-8-12(11)18-14/h5-9H,3-4,16H2,1-2H3. The highest BCUT2D eigenvalue weighted by Gasteiger charge is 2.15. The van der Waals surface area contributed by atoms with Crippen LogP contribution in [0.1, 0.15) is 25.2 Å². The SMILES string of the molecule is CCc1nn(-c2cnc3ccccc3n2)c(CC)c1N. The Balaban J connectivity index is 2.19. The van der Waals surface area contributed by atoms with Crippen LogP contribution < -0.4 is 5.73 Å². The minimum absolute atomic E-state index is 0.715. The van der Waals surface area contributed by atoms with Crippen LogP contribution in [-0.2, 0) is 12.8 Å². The molecule has 5 nitrogen and oxygen atoms in total. The maximum absolute atomic E-state index is 6.14. The minimum atomic E-state index is 0.715. The number of benzene rings is 1. The van der Waals surface area contributed by atoms with Crippen LogP contribution in [0.2, 0.25) is 0 Å². The van der Waals surface area contributed by atoms with Gasteiger partial charge in [0.15, 0.2) is 5.82 Å². The molecule has 0 aliphatic heterocycles. The monoisotopic (exact) mass is 267 g/mol. The van der Waals surface area contributed by atoms with Gasteiger partial charge < -0.3 is 5.73 Å². The Bertz CT molecular complexity index is 760. The smallest absolute Gasteiger partial charge is 0.172 e. The zero-order valence-corrected chi connectivity index (χ0v) is 11.7. The summed E-state index contributed by atoms with van der Waals surface area (Å²) in [6.45, 7) is 4.12. The number of nitrogen functional groups attached to an aromatic ring is 1. The zero-order chi connectivity index (χ0) is 14.1. The van der Waals surface area contributed by atoms with E-state index in [1.165, 1.54) is 0 Å². The lowest BCUT2D eigenvalue weighted by molar-refractivity contribution is 0.772. The Morgan fingerprint density at radius 2 is 1.85 bits per heavy atom. The molecular weight excluding hydrogens is 250 g/mol. The van der Waals surface area contributed by atoms with Crippen molar-refractivity contribution in [3.05, 3.63) is 41.9 Å². The number of aryl methyl sites for hydroxylation is 1. The van der Waals surface area contributed by atoms with E-state index < -0.39 is 0 Å². The number of hydrogen-bond donors (Lipinski definition) is 1. The highest BCUT2D eigenvalue weighted by molar-refractivity contribution is 5.74. The minimum Gasteiger partial charge on any atom is -0.396 e. The van der Waals surface area contributed by atoms with E-state index in [1.54, 1.807) is 6.20 Å². The molecule has 0 radical (unpaired) electrons. The fourth-order valence-corrected chi connectivity index (χ4v) is 2.36. The van der Waals surface area contributed by atoms with Crippen molar-refractivity contribution in [1.82, 2.24) is 19.7 Å². The summed E-state index contributed by atoms with van der Waals surface area (Å²) in [5.74, 6) is 0.715. The van der Waals surface area contributed by atoms with Gasteiger partial charge in [-0.05, 0) is 25.0 Å². The summed E-state index contributed by atoms with van der Waals surface area (Å²) < 4.78 is 1.81. The molecule has 0 saturated carbocycles. The van der Waals surface area contributed by atoms with Crippen molar-refractivity contribution in [3.8, 4) is 5.82 Å². The number of rotatable bonds is 3. The van der Waals surface area contributed by atoms with Gasteiger partial charge >= 0.3 is 0 Å². The Hall–Kier alpha value is -2.43. The van der Waals surface area contributed by atoms with Crippen LogP contribution in [0.15, 0.2) is 30.5 Å². The lowest BCUT2D eigenvalue weighted by atomic mass is 10.2. The van der Waals surface area contributed by atoms with E-state index in [1.807, 2.05) is 28.9 Å². The van der Waals surface area contributed by atoms with Crippen LogP contribution >= 0.6 is 0 Å². The summed E-state index contributed by atoms with van der Waals surface area (Å²) >= 11 is 0. The molecule has 2 N–H and O–H groups in total. The first kappa shape index (κ1) is 12.6. The van der Waals surface area contributed by atoms with Crippen molar-refractivity contribution in [3.63, 3.8) is 0 Å². The van der Waals surface area contributed by atoms with Crippen molar-refractivity contribution in [2.45, 2.75) is 26.7 Å². The molecule has 1 aromatic carbocycles. The van der Waals surface area contributed by atoms with Crippen LogP contribution in [0.25, 0.3) is 16.9 Å². The third kappa shape index (κ3) is 1.91. The average molecular weight is 267 g/mol. The van der Waals surface area contributed by atoms with Crippen LogP contribution in [0, 0.1) is 0 Å². The van der Waals surface area contributed by atoms with Gasteiger partial charge in [-0.2, -0.15) is 5.10 Å². The molecule has 0 fully saturated rings. The second kappa shape index (κ2) is 4.92. The summed E-state index contributed by atoms with van der Waals surface area (Å²) in [5.41, 5.74) is 10.6. The average Bonchev–Trinajstić information content (AvgIpc) is 2.82. The summed E-state index contributed by atoms with van der Waals surface area (Å²) in [7, 11) is 0. The molecule has 20 heavy (non-hydrogen) atoms. The van der Waals surface area contributed by atoms with Gasteiger partial charge in [-0.25, -0.2) is 9.67 Å². The molecule has 0 spiro atoms. The Kier molecular flexibility index (Phi) is 3.10. The van der Waals surface area contributed by atoms with Gasteiger partial charge in [-0.15, -0.1) is 0 Å². The van der Waals surface area contributed by atoms with Crippen molar-refractivity contribution in [2.24, 2.45) is 0 Å². The molecule has 2 heterocycles. The molecule has 102 valence electrons. The Morgan fingerprint density at radius 3 is 2.55 bits per heavy atom. The molecule has 0 atom stereocenters. The highest BCUT2D eigenvalue weighted by Crippen LogP contribution is 2.22. The zero-order valence-electron chi connectivity index (χ0n) is 11.7. The summed E-state index contributed by atoms with van der Waals surface area (Å²) in [5, 5.41) is 4.57. The highest BCUT2D eigenvalue weighted by atomic mass is 15.3. The number of para-hydroxylation sites is 2. The van der Waals surface area contributed by atoms with E-state index in [2.05, 4.69) is 28.9 Å². The fourth-order valence-electron chi connectivity index (χ4n) is 2.36. The number of hydrogen-bond acceptors (Lipinski definition) is 4. The van der Waals surface area contributed by atoms with Crippen molar-refractivity contribution in [1.29, 1.82) is 0 Å². The largest absolute Gasteiger partial charge is 0.396 e. The Morgan fingerprint density at radius 1 is 1.10 bits per heavy atom. The number of aromatic nitrogens is 4. The van der Waals surface area contributed by atoms with Gasteiger partial charge in [-0.3, -0.25) is 4.98 Å². The van der Waals surface area contributed by atoms with E-state index >= 15 is 0 Å². The second-order valence-corrected chi connectivity index (χ2v) is 4.64. The van der Waals surface area contributed by atoms with Crippen LogP contribution in [0.3, 0.4) is 0 Å². The predicted octanol–water partition coefficient (Wildman–Crippen LogP) is 2.52. The number of nitrogens with zero attached hydrogens (tertiary/aromatic N) is 4. The van der Waals surface area contributed by atoms with E-state index in [-0.39, 0.29) is 0 Å². The van der Waals surface area contributed by atoms with E-state index in [0.29, 0.717) is 5.82 Å². The predicted molar refractivity (Wildman–Crippen MR) is 79.8 cm³/mol. The van der Waals surface area contributed by atoms with Crippen LogP contribution in [-0.4, -0.2) is 19.7 Å². The maximum atomic E-state index is 6.14. The molecule has 0 saturated heterocycles. The number of nitrogens with two attached hydrogens (primary N) is 1. The lowest BCUT2D eigenvalue weighted by Crippen LogP contribution is -2.05. The first-order chi connectivity index (χ1) is 9.74. The van der Waals surface area contributed by atoms with Gasteiger partial charge in [0.25, 0.3) is 0 Å². The number of anilines is 1. The van der Waals surface area contributed by atoms with Gasteiger partial charge in [-0.1, -0.05) is 26.0 Å².